The monoisotopic (exact) mass is 362 g/mol. The van der Waals surface area contributed by atoms with Crippen LogP contribution in [0.25, 0.3) is 0 Å². The van der Waals surface area contributed by atoms with Gasteiger partial charge in [-0.05, 0) is 19.1 Å². The van der Waals surface area contributed by atoms with Gasteiger partial charge in [0.15, 0.2) is 0 Å². The van der Waals surface area contributed by atoms with E-state index in [4.69, 9.17) is 17.3 Å². The molecule has 3 heterocycles. The molecule has 2 aromatic heterocycles. The molecule has 1 fully saturated rings. The van der Waals surface area contributed by atoms with Gasteiger partial charge in [0.25, 0.3) is 5.91 Å². The van der Waals surface area contributed by atoms with Crippen LogP contribution in [0, 0.1) is 0 Å². The summed E-state index contributed by atoms with van der Waals surface area (Å²) in [5.41, 5.74) is 5.80. The van der Waals surface area contributed by atoms with Gasteiger partial charge in [0, 0.05) is 38.6 Å². The Balaban J connectivity index is 1.66. The van der Waals surface area contributed by atoms with E-state index in [1.165, 1.54) is 6.20 Å². The van der Waals surface area contributed by atoms with Gasteiger partial charge in [-0.1, -0.05) is 11.6 Å². The standard InChI is InChI=1S/C16H19ClN6O2/c1-11(23-10-12(17)9-20-23)16(25)22-7-5-21(6-8-22)15-13(14(18)24)3-2-4-19-15/h2-4,9-11H,5-8H2,1H3,(H2,18,24)/t11-/m0/s1. The minimum absolute atomic E-state index is 0.0180. The summed E-state index contributed by atoms with van der Waals surface area (Å²) in [5, 5.41) is 4.59. The molecule has 0 aliphatic carbocycles. The third-order valence-corrected chi connectivity index (χ3v) is 4.46. The van der Waals surface area contributed by atoms with E-state index in [2.05, 4.69) is 10.1 Å². The van der Waals surface area contributed by atoms with Gasteiger partial charge in [-0.2, -0.15) is 5.10 Å². The molecule has 0 radical (unpaired) electrons. The molecule has 2 aromatic rings. The molecule has 1 atom stereocenters. The van der Waals surface area contributed by atoms with Crippen molar-refractivity contribution in [1.82, 2.24) is 19.7 Å². The predicted molar refractivity (Wildman–Crippen MR) is 93.5 cm³/mol. The normalized spacial score (nSPS) is 15.9. The van der Waals surface area contributed by atoms with Crippen LogP contribution in [0.15, 0.2) is 30.7 Å². The number of nitrogens with two attached hydrogens (primary N) is 1. The molecule has 0 aromatic carbocycles. The number of aromatic nitrogens is 3. The van der Waals surface area contributed by atoms with Crippen molar-refractivity contribution in [3.05, 3.63) is 41.3 Å². The van der Waals surface area contributed by atoms with Crippen molar-refractivity contribution >= 4 is 29.2 Å². The molecule has 1 aliphatic rings. The van der Waals surface area contributed by atoms with Crippen molar-refractivity contribution in [3.8, 4) is 0 Å². The Kier molecular flexibility index (Phi) is 4.89. The van der Waals surface area contributed by atoms with E-state index in [1.807, 2.05) is 4.90 Å². The number of piperazine rings is 1. The van der Waals surface area contributed by atoms with E-state index in [-0.39, 0.29) is 5.91 Å². The Labute approximate surface area is 150 Å². The highest BCUT2D eigenvalue weighted by Gasteiger charge is 2.28. The number of rotatable bonds is 4. The van der Waals surface area contributed by atoms with E-state index in [9.17, 15) is 9.59 Å². The van der Waals surface area contributed by atoms with Crippen molar-refractivity contribution in [2.45, 2.75) is 13.0 Å². The van der Waals surface area contributed by atoms with E-state index in [0.717, 1.165) is 0 Å². The molecular formula is C16H19ClN6O2. The van der Waals surface area contributed by atoms with Crippen molar-refractivity contribution < 1.29 is 9.59 Å². The fourth-order valence-electron chi connectivity index (χ4n) is 2.88. The molecule has 0 bridgehead atoms. The second kappa shape index (κ2) is 7.10. The number of nitrogens with zero attached hydrogens (tertiary/aromatic N) is 5. The highest BCUT2D eigenvalue weighted by atomic mass is 35.5. The fraction of sp³-hybridized carbons (Fsp3) is 0.375. The number of hydrogen-bond donors (Lipinski definition) is 1. The molecule has 1 aliphatic heterocycles. The molecule has 2 amide bonds. The second-order valence-corrected chi connectivity index (χ2v) is 6.30. The number of amides is 2. The Morgan fingerprint density at radius 2 is 2.00 bits per heavy atom. The zero-order valence-electron chi connectivity index (χ0n) is 13.8. The predicted octanol–water partition coefficient (Wildman–Crippen LogP) is 0.940. The highest BCUT2D eigenvalue weighted by molar-refractivity contribution is 6.30. The smallest absolute Gasteiger partial charge is 0.252 e. The molecule has 0 saturated carbocycles. The summed E-state index contributed by atoms with van der Waals surface area (Å²) < 4.78 is 1.56. The van der Waals surface area contributed by atoms with Crippen LogP contribution in [0.4, 0.5) is 5.82 Å². The number of anilines is 1. The average molecular weight is 363 g/mol. The molecule has 2 N–H and O–H groups in total. The lowest BCUT2D eigenvalue weighted by Gasteiger charge is -2.37. The van der Waals surface area contributed by atoms with Gasteiger partial charge >= 0.3 is 0 Å². The van der Waals surface area contributed by atoms with Crippen LogP contribution in [0.5, 0.6) is 0 Å². The van der Waals surface area contributed by atoms with Gasteiger partial charge in [-0.15, -0.1) is 0 Å². The Morgan fingerprint density at radius 1 is 1.28 bits per heavy atom. The van der Waals surface area contributed by atoms with Gasteiger partial charge in [0.05, 0.1) is 16.8 Å². The van der Waals surface area contributed by atoms with Crippen molar-refractivity contribution in [1.29, 1.82) is 0 Å². The third kappa shape index (κ3) is 3.58. The number of hydrogen-bond acceptors (Lipinski definition) is 5. The first-order chi connectivity index (χ1) is 12.0. The first-order valence-corrected chi connectivity index (χ1v) is 8.33. The first kappa shape index (κ1) is 17.2. The van der Waals surface area contributed by atoms with E-state index >= 15 is 0 Å². The number of carbonyl (C=O) groups excluding carboxylic acids is 2. The van der Waals surface area contributed by atoms with Crippen LogP contribution in [0.3, 0.4) is 0 Å². The number of primary amides is 1. The summed E-state index contributed by atoms with van der Waals surface area (Å²) in [4.78, 5) is 32.2. The topological polar surface area (TPSA) is 97.4 Å². The third-order valence-electron chi connectivity index (χ3n) is 4.27. The molecule has 9 heteroatoms. The zero-order chi connectivity index (χ0) is 18.0. The summed E-state index contributed by atoms with van der Waals surface area (Å²) in [6.45, 7) is 4.02. The maximum Gasteiger partial charge on any atom is 0.252 e. The summed E-state index contributed by atoms with van der Waals surface area (Å²) in [7, 11) is 0. The molecule has 25 heavy (non-hydrogen) atoms. The Morgan fingerprint density at radius 3 is 2.60 bits per heavy atom. The Bertz CT molecular complexity index is 784. The largest absolute Gasteiger partial charge is 0.365 e. The highest BCUT2D eigenvalue weighted by Crippen LogP contribution is 2.20. The lowest BCUT2D eigenvalue weighted by atomic mass is 10.2. The quantitative estimate of drug-likeness (QED) is 0.873. The minimum Gasteiger partial charge on any atom is -0.365 e. The van der Waals surface area contributed by atoms with Crippen LogP contribution in [0.1, 0.15) is 23.3 Å². The molecule has 0 spiro atoms. The van der Waals surface area contributed by atoms with Crippen LogP contribution in [-0.4, -0.2) is 57.7 Å². The fourth-order valence-corrected chi connectivity index (χ4v) is 3.03. The summed E-state index contributed by atoms with van der Waals surface area (Å²) in [6.07, 6.45) is 4.77. The zero-order valence-corrected chi connectivity index (χ0v) is 14.6. The number of halogens is 1. The summed E-state index contributed by atoms with van der Waals surface area (Å²) >= 11 is 5.86. The van der Waals surface area contributed by atoms with E-state index < -0.39 is 11.9 Å². The maximum absolute atomic E-state index is 12.6. The van der Waals surface area contributed by atoms with Gasteiger partial charge in [-0.25, -0.2) is 4.98 Å². The number of carbonyl (C=O) groups is 2. The van der Waals surface area contributed by atoms with Gasteiger partial charge in [0.2, 0.25) is 5.91 Å². The van der Waals surface area contributed by atoms with Crippen molar-refractivity contribution in [3.63, 3.8) is 0 Å². The Hall–Kier alpha value is -2.61. The number of pyridine rings is 1. The van der Waals surface area contributed by atoms with Gasteiger partial charge in [0.1, 0.15) is 11.9 Å². The minimum atomic E-state index is -0.509. The molecule has 8 nitrogen and oxygen atoms in total. The SMILES string of the molecule is C[C@@H](C(=O)N1CCN(c2ncccc2C(N)=O)CC1)n1cc(Cl)cn1. The van der Waals surface area contributed by atoms with Gasteiger partial charge < -0.3 is 15.5 Å². The second-order valence-electron chi connectivity index (χ2n) is 5.87. The molecule has 0 unspecified atom stereocenters. The van der Waals surface area contributed by atoms with E-state index in [0.29, 0.717) is 42.6 Å². The van der Waals surface area contributed by atoms with Crippen molar-refractivity contribution in [2.24, 2.45) is 5.73 Å². The lowest BCUT2D eigenvalue weighted by Crippen LogP contribution is -2.51. The first-order valence-electron chi connectivity index (χ1n) is 7.95. The van der Waals surface area contributed by atoms with Crippen molar-refractivity contribution in [2.75, 3.05) is 31.1 Å². The summed E-state index contributed by atoms with van der Waals surface area (Å²) in [5.74, 6) is 0.0374. The molecule has 1 saturated heterocycles. The van der Waals surface area contributed by atoms with E-state index in [1.54, 1.807) is 41.0 Å². The van der Waals surface area contributed by atoms with Crippen LogP contribution in [0.2, 0.25) is 5.02 Å². The maximum atomic E-state index is 12.6. The average Bonchev–Trinajstić information content (AvgIpc) is 3.07. The van der Waals surface area contributed by atoms with Crippen LogP contribution < -0.4 is 10.6 Å². The van der Waals surface area contributed by atoms with Gasteiger partial charge in [-0.3, -0.25) is 14.3 Å². The molecule has 132 valence electrons. The summed E-state index contributed by atoms with van der Waals surface area (Å²) in [6, 6.07) is 2.92. The lowest BCUT2D eigenvalue weighted by molar-refractivity contribution is -0.134. The molecular weight excluding hydrogens is 344 g/mol. The van der Waals surface area contributed by atoms with Crippen LogP contribution >= 0.6 is 11.6 Å². The molecule has 3 rings (SSSR count). The van der Waals surface area contributed by atoms with Crippen LogP contribution in [-0.2, 0) is 4.79 Å².